The van der Waals surface area contributed by atoms with Gasteiger partial charge in [-0.25, -0.2) is 0 Å². The van der Waals surface area contributed by atoms with Crippen molar-refractivity contribution in [2.45, 2.75) is 62.1 Å². The monoisotopic (exact) mass is 361 g/mol. The third-order valence-electron chi connectivity index (χ3n) is 4.15. The molecule has 2 rings (SSSR count). The fourth-order valence-electron chi connectivity index (χ4n) is 2.98. The zero-order chi connectivity index (χ0) is 16.4. The van der Waals surface area contributed by atoms with Crippen molar-refractivity contribution in [3.8, 4) is 0 Å². The van der Waals surface area contributed by atoms with Gasteiger partial charge in [0.1, 0.15) is 5.75 Å². The smallest absolute Gasteiger partial charge is 0.294 e. The second kappa shape index (κ2) is 7.09. The first-order valence-corrected chi connectivity index (χ1v) is 10.2. The predicted molar refractivity (Wildman–Crippen MR) is 77.5 cm³/mol. The molecule has 0 aliphatic heterocycles. The number of halogens is 3. The van der Waals surface area contributed by atoms with Gasteiger partial charge in [-0.3, -0.25) is 4.79 Å². The highest BCUT2D eigenvalue weighted by Gasteiger charge is 2.55. The molecule has 0 N–H and O–H groups in total. The second-order valence-electron chi connectivity index (χ2n) is 5.87. The normalized spacial score (nSPS) is 26.3. The second-order valence-corrected chi connectivity index (χ2v) is 9.45. The Morgan fingerprint density at radius 2 is 1.68 bits per heavy atom. The first kappa shape index (κ1) is 18.1. The quantitative estimate of drug-likeness (QED) is 0.558. The Balaban J connectivity index is 2.15. The van der Waals surface area contributed by atoms with Crippen LogP contribution < -0.4 is 0 Å². The molecular weight excluding hydrogens is 341 g/mol. The number of Topliss-reactive ketones (excluding diaryl/α,β-unsaturated/α-hetero) is 1. The van der Waals surface area contributed by atoms with E-state index in [0.29, 0.717) is 19.3 Å². The minimum absolute atomic E-state index is 0.154. The lowest BCUT2D eigenvalue weighted by Crippen LogP contribution is -2.41. The summed E-state index contributed by atoms with van der Waals surface area (Å²) in [4.78, 5) is 12.0. The molecule has 2 unspecified atom stereocenters. The van der Waals surface area contributed by atoms with Gasteiger partial charge < -0.3 is 0 Å². The van der Waals surface area contributed by atoms with E-state index in [1.165, 1.54) is 0 Å². The molecule has 0 heterocycles. The summed E-state index contributed by atoms with van der Waals surface area (Å²) in [6.45, 7) is 0. The van der Waals surface area contributed by atoms with Gasteiger partial charge in [0.2, 0.25) is 5.25 Å². The van der Waals surface area contributed by atoms with Gasteiger partial charge in [0.15, 0.2) is 17.0 Å². The van der Waals surface area contributed by atoms with Crippen LogP contribution in [0.4, 0.5) is 13.2 Å². The Bertz CT molecular complexity index is 498. The van der Waals surface area contributed by atoms with Crippen molar-refractivity contribution in [1.82, 2.24) is 0 Å². The molecule has 0 aromatic carbocycles. The lowest BCUT2D eigenvalue weighted by atomic mass is 9.99. The van der Waals surface area contributed by atoms with Crippen LogP contribution >= 0.6 is 0 Å². The SMILES string of the molecule is O=C1CCCCC1[S+](CC1CCCC1)OS(=O)(=O)C(F)(F)F. The van der Waals surface area contributed by atoms with Crippen molar-refractivity contribution < 1.29 is 30.0 Å². The summed E-state index contributed by atoms with van der Waals surface area (Å²) >= 11 is -1.50. The van der Waals surface area contributed by atoms with Gasteiger partial charge in [-0.2, -0.15) is 21.6 Å². The average Bonchev–Trinajstić information content (AvgIpc) is 2.90. The van der Waals surface area contributed by atoms with Gasteiger partial charge in [-0.1, -0.05) is 12.8 Å². The number of hydrogen-bond donors (Lipinski definition) is 0. The maximum Gasteiger partial charge on any atom is 0.527 e. The summed E-state index contributed by atoms with van der Waals surface area (Å²) in [6, 6.07) is 0. The van der Waals surface area contributed by atoms with Crippen molar-refractivity contribution in [3.05, 3.63) is 0 Å². The van der Waals surface area contributed by atoms with E-state index >= 15 is 0 Å². The van der Waals surface area contributed by atoms with E-state index in [4.69, 9.17) is 0 Å². The molecule has 0 aromatic rings. The van der Waals surface area contributed by atoms with Crippen molar-refractivity contribution in [2.24, 2.45) is 5.92 Å². The number of ketones is 1. The summed E-state index contributed by atoms with van der Waals surface area (Å²) in [7, 11) is -5.65. The lowest BCUT2D eigenvalue weighted by molar-refractivity contribution is -0.119. The molecule has 0 spiro atoms. The van der Waals surface area contributed by atoms with Crippen molar-refractivity contribution in [2.75, 3.05) is 5.75 Å². The zero-order valence-corrected chi connectivity index (χ0v) is 13.7. The summed E-state index contributed by atoms with van der Waals surface area (Å²) < 4.78 is 64.9. The Hall–Kier alpha value is -0.280. The summed E-state index contributed by atoms with van der Waals surface area (Å²) in [5.74, 6) is 0.234. The van der Waals surface area contributed by atoms with Crippen LogP contribution in [0.3, 0.4) is 0 Å². The first-order chi connectivity index (χ1) is 10.2. The molecule has 2 saturated carbocycles. The predicted octanol–water partition coefficient (Wildman–Crippen LogP) is 3.09. The Kier molecular flexibility index (Phi) is 5.82. The van der Waals surface area contributed by atoms with E-state index < -0.39 is 32.1 Å². The van der Waals surface area contributed by atoms with Crippen LogP contribution in [0.25, 0.3) is 0 Å². The maximum atomic E-state index is 12.6. The fraction of sp³-hybridized carbons (Fsp3) is 0.923. The summed E-state index contributed by atoms with van der Waals surface area (Å²) in [5, 5.41) is -0.702. The molecule has 4 nitrogen and oxygen atoms in total. The van der Waals surface area contributed by atoms with Crippen molar-refractivity contribution in [1.29, 1.82) is 0 Å². The number of hydrogen-bond acceptors (Lipinski definition) is 4. The van der Waals surface area contributed by atoms with E-state index in [9.17, 15) is 26.4 Å². The van der Waals surface area contributed by atoms with Crippen molar-refractivity contribution in [3.63, 3.8) is 0 Å². The zero-order valence-electron chi connectivity index (χ0n) is 12.1. The molecule has 0 radical (unpaired) electrons. The molecule has 2 aliphatic rings. The highest BCUT2D eigenvalue weighted by Crippen LogP contribution is 2.35. The molecule has 128 valence electrons. The molecule has 2 atom stereocenters. The third kappa shape index (κ3) is 4.38. The van der Waals surface area contributed by atoms with Gasteiger partial charge in [-0.15, -0.1) is 0 Å². The Morgan fingerprint density at radius 3 is 2.23 bits per heavy atom. The number of carbonyl (C=O) groups excluding carboxylic acids is 1. The van der Waals surface area contributed by atoms with E-state index in [1.54, 1.807) is 0 Å². The van der Waals surface area contributed by atoms with Gasteiger partial charge in [0.05, 0.1) is 0 Å². The molecule has 22 heavy (non-hydrogen) atoms. The minimum atomic E-state index is -5.65. The maximum absolute atomic E-state index is 12.6. The first-order valence-electron chi connectivity index (χ1n) is 7.44. The van der Waals surface area contributed by atoms with Crippen LogP contribution in [0, 0.1) is 5.92 Å². The average molecular weight is 361 g/mol. The standard InChI is InChI=1S/C13H20F3O4S2/c14-13(15,16)22(18,19)20-21(9-10-5-1-2-6-10)12-8-4-3-7-11(12)17/h10,12H,1-9H2/q+1. The van der Waals surface area contributed by atoms with Gasteiger partial charge in [0.25, 0.3) is 0 Å². The van der Waals surface area contributed by atoms with Gasteiger partial charge in [-0.05, 0) is 29.3 Å². The van der Waals surface area contributed by atoms with Crippen LogP contribution in [-0.2, 0) is 29.7 Å². The van der Waals surface area contributed by atoms with E-state index in [-0.39, 0.29) is 17.5 Å². The number of alkyl halides is 3. The largest absolute Gasteiger partial charge is 0.527 e. The lowest BCUT2D eigenvalue weighted by Gasteiger charge is -2.21. The molecule has 2 fully saturated rings. The van der Waals surface area contributed by atoms with E-state index in [0.717, 1.165) is 32.1 Å². The summed E-state index contributed by atoms with van der Waals surface area (Å²) in [6.07, 6.45) is 5.86. The van der Waals surface area contributed by atoms with Gasteiger partial charge in [0, 0.05) is 18.8 Å². The minimum Gasteiger partial charge on any atom is -0.294 e. The molecule has 9 heteroatoms. The van der Waals surface area contributed by atoms with Crippen molar-refractivity contribution >= 4 is 27.1 Å². The molecule has 0 saturated heterocycles. The van der Waals surface area contributed by atoms with E-state index in [1.807, 2.05) is 0 Å². The molecule has 2 aliphatic carbocycles. The highest BCUT2D eigenvalue weighted by atomic mass is 32.3. The van der Waals surface area contributed by atoms with E-state index in [2.05, 4.69) is 3.63 Å². The fourth-order valence-corrected chi connectivity index (χ4v) is 6.68. The van der Waals surface area contributed by atoms with Crippen LogP contribution in [0.5, 0.6) is 0 Å². The van der Waals surface area contributed by atoms with Crippen LogP contribution in [0.2, 0.25) is 0 Å². The Morgan fingerprint density at radius 1 is 1.09 bits per heavy atom. The topological polar surface area (TPSA) is 60.4 Å². The van der Waals surface area contributed by atoms with Crippen LogP contribution in [-0.4, -0.2) is 30.7 Å². The Labute approximate surface area is 131 Å². The number of rotatable bonds is 5. The van der Waals surface area contributed by atoms with Crippen LogP contribution in [0.15, 0.2) is 0 Å². The summed E-state index contributed by atoms with van der Waals surface area (Å²) in [5.41, 5.74) is -5.44. The molecule has 0 bridgehead atoms. The molecular formula is C13H20F3O4S2+. The molecule has 0 amide bonds. The highest BCUT2D eigenvalue weighted by molar-refractivity contribution is 8.03. The third-order valence-corrected chi connectivity index (χ3v) is 8.07. The van der Waals surface area contributed by atoms with Gasteiger partial charge >= 0.3 is 15.6 Å². The molecule has 0 aromatic heterocycles. The van der Waals surface area contributed by atoms with Crippen LogP contribution in [0.1, 0.15) is 51.4 Å². The number of carbonyl (C=O) groups is 1.